The van der Waals surface area contributed by atoms with E-state index >= 15 is 0 Å². The van der Waals surface area contributed by atoms with Crippen molar-refractivity contribution in [2.24, 2.45) is 0 Å². The van der Waals surface area contributed by atoms with Crippen LogP contribution in [-0.4, -0.2) is 26.4 Å². The summed E-state index contributed by atoms with van der Waals surface area (Å²) in [7, 11) is 0. The van der Waals surface area contributed by atoms with Crippen molar-refractivity contribution < 1.29 is 4.79 Å². The van der Waals surface area contributed by atoms with Crippen molar-refractivity contribution in [1.82, 2.24) is 14.8 Å². The van der Waals surface area contributed by atoms with Gasteiger partial charge in [-0.05, 0) is 36.1 Å². The molecular weight excluding hydrogens is 372 g/mol. The van der Waals surface area contributed by atoms with Crippen LogP contribution in [0.15, 0.2) is 64.5 Å². The predicted octanol–water partition coefficient (Wildman–Crippen LogP) is 4.03. The molecule has 3 aromatic rings. The van der Waals surface area contributed by atoms with E-state index in [1.54, 1.807) is 4.57 Å². The van der Waals surface area contributed by atoms with Crippen LogP contribution >= 0.6 is 11.8 Å². The molecule has 2 N–H and O–H groups in total. The third-order valence-electron chi connectivity index (χ3n) is 4.53. The molecule has 0 aliphatic rings. The minimum Gasteiger partial charge on any atom is -0.325 e. The Labute approximate surface area is 168 Å². The lowest BCUT2D eigenvalue weighted by atomic mass is 10.0. The van der Waals surface area contributed by atoms with Crippen LogP contribution in [0.3, 0.4) is 0 Å². The lowest BCUT2D eigenvalue weighted by Gasteiger charge is -2.14. The Balaban J connectivity index is 1.65. The van der Waals surface area contributed by atoms with E-state index in [1.165, 1.54) is 17.3 Å². The zero-order chi connectivity index (χ0) is 20.1. The molecule has 0 saturated heterocycles. The first-order valence-corrected chi connectivity index (χ1v) is 10.2. The summed E-state index contributed by atoms with van der Waals surface area (Å²) in [5.74, 6) is 0.470. The average molecular weight is 397 g/mol. The number of aromatic nitrogens is 3. The van der Waals surface area contributed by atoms with E-state index in [1.807, 2.05) is 61.5 Å². The van der Waals surface area contributed by atoms with Gasteiger partial charge in [-0.1, -0.05) is 68.1 Å². The summed E-state index contributed by atoms with van der Waals surface area (Å²) < 4.78 is 1.57. The fourth-order valence-corrected chi connectivity index (χ4v) is 3.72. The maximum atomic E-state index is 12.3. The van der Waals surface area contributed by atoms with Crippen molar-refractivity contribution >= 4 is 23.4 Å². The largest absolute Gasteiger partial charge is 0.344 e. The number of rotatable bonds is 7. The minimum absolute atomic E-state index is 0.142. The first-order valence-electron chi connectivity index (χ1n) is 9.20. The van der Waals surface area contributed by atoms with Crippen molar-refractivity contribution in [1.29, 1.82) is 0 Å². The Morgan fingerprint density at radius 3 is 2.39 bits per heavy atom. The van der Waals surface area contributed by atoms with Gasteiger partial charge in [0.25, 0.3) is 0 Å². The Kier molecular flexibility index (Phi) is 6.36. The number of nitrogens with zero attached hydrogens (tertiary/aromatic N) is 2. The Bertz CT molecular complexity index is 978. The van der Waals surface area contributed by atoms with Crippen LogP contribution in [0.2, 0.25) is 0 Å². The molecule has 0 radical (unpaired) electrons. The lowest BCUT2D eigenvalue weighted by Crippen LogP contribution is -2.22. The Hall–Kier alpha value is -2.80. The molecule has 146 valence electrons. The number of carbonyl (C=O) groups is 1. The maximum absolute atomic E-state index is 12.3. The summed E-state index contributed by atoms with van der Waals surface area (Å²) >= 11 is 1.23. The monoisotopic (exact) mass is 396 g/mol. The number of carbonyl (C=O) groups excluding carboxylic acids is 1. The SMILES string of the molecule is CC(C)c1ccc(NC(=O)CSc2n[nH]c(=O)n2[C@H](C)c2ccccc2)cc1. The lowest BCUT2D eigenvalue weighted by molar-refractivity contribution is -0.113. The molecule has 0 spiro atoms. The predicted molar refractivity (Wildman–Crippen MR) is 113 cm³/mol. The van der Waals surface area contributed by atoms with E-state index in [9.17, 15) is 9.59 Å². The Morgan fingerprint density at radius 1 is 1.07 bits per heavy atom. The average Bonchev–Trinajstić information content (AvgIpc) is 3.07. The molecule has 1 amide bonds. The first-order chi connectivity index (χ1) is 13.5. The highest BCUT2D eigenvalue weighted by atomic mass is 32.2. The molecule has 0 saturated carbocycles. The third kappa shape index (κ3) is 4.72. The quantitative estimate of drug-likeness (QED) is 0.591. The van der Waals surface area contributed by atoms with Crippen LogP contribution in [0.5, 0.6) is 0 Å². The van der Waals surface area contributed by atoms with E-state index in [-0.39, 0.29) is 23.4 Å². The molecule has 6 nitrogen and oxygen atoms in total. The second-order valence-electron chi connectivity index (χ2n) is 6.88. The van der Waals surface area contributed by atoms with Gasteiger partial charge in [0.05, 0.1) is 11.8 Å². The number of hydrogen-bond donors (Lipinski definition) is 2. The minimum atomic E-state index is -0.288. The topological polar surface area (TPSA) is 79.8 Å². The fourth-order valence-electron chi connectivity index (χ4n) is 2.89. The van der Waals surface area contributed by atoms with Gasteiger partial charge in [0.1, 0.15) is 0 Å². The number of thioether (sulfide) groups is 1. The zero-order valence-corrected chi connectivity index (χ0v) is 17.0. The molecule has 2 aromatic carbocycles. The van der Waals surface area contributed by atoms with Gasteiger partial charge < -0.3 is 5.32 Å². The smallest absolute Gasteiger partial charge is 0.325 e. The molecule has 28 heavy (non-hydrogen) atoms. The van der Waals surface area contributed by atoms with Gasteiger partial charge in [-0.2, -0.15) is 0 Å². The summed E-state index contributed by atoms with van der Waals surface area (Å²) in [5, 5.41) is 9.94. The van der Waals surface area contributed by atoms with Gasteiger partial charge in [0.2, 0.25) is 5.91 Å². The normalized spacial score (nSPS) is 12.1. The third-order valence-corrected chi connectivity index (χ3v) is 5.49. The molecular formula is C21H24N4O2S. The molecule has 0 aliphatic heterocycles. The zero-order valence-electron chi connectivity index (χ0n) is 16.2. The molecule has 1 atom stereocenters. The summed E-state index contributed by atoms with van der Waals surface area (Å²) in [6.07, 6.45) is 0. The van der Waals surface area contributed by atoms with Crippen LogP contribution in [0.4, 0.5) is 5.69 Å². The molecule has 7 heteroatoms. The molecule has 0 bridgehead atoms. The van der Waals surface area contributed by atoms with E-state index < -0.39 is 0 Å². The number of hydrogen-bond acceptors (Lipinski definition) is 4. The van der Waals surface area contributed by atoms with Crippen molar-refractivity contribution in [2.75, 3.05) is 11.1 Å². The number of anilines is 1. The molecule has 1 heterocycles. The molecule has 0 fully saturated rings. The number of H-pyrrole nitrogens is 1. The highest BCUT2D eigenvalue weighted by Crippen LogP contribution is 2.23. The van der Waals surface area contributed by atoms with E-state index in [0.717, 1.165) is 11.3 Å². The second-order valence-corrected chi connectivity index (χ2v) is 7.82. The standard InChI is InChI=1S/C21H24N4O2S/c1-14(2)16-9-11-18(12-10-16)22-19(26)13-28-21-24-23-20(27)25(21)15(3)17-7-5-4-6-8-17/h4-12,14-15H,13H2,1-3H3,(H,22,26)(H,23,27)/t15-/m1/s1. The number of amides is 1. The second kappa shape index (κ2) is 8.93. The van der Waals surface area contributed by atoms with Gasteiger partial charge >= 0.3 is 5.69 Å². The van der Waals surface area contributed by atoms with Crippen LogP contribution in [-0.2, 0) is 4.79 Å². The van der Waals surface area contributed by atoms with Gasteiger partial charge in [-0.3, -0.25) is 9.36 Å². The van der Waals surface area contributed by atoms with Crippen molar-refractivity contribution in [3.05, 3.63) is 76.2 Å². The summed E-state index contributed by atoms with van der Waals surface area (Å²) in [6, 6.07) is 17.4. The summed E-state index contributed by atoms with van der Waals surface area (Å²) in [4.78, 5) is 24.5. The van der Waals surface area contributed by atoms with Crippen molar-refractivity contribution in [3.8, 4) is 0 Å². The van der Waals surface area contributed by atoms with Crippen molar-refractivity contribution in [2.45, 2.75) is 37.9 Å². The van der Waals surface area contributed by atoms with E-state index in [2.05, 4.69) is 29.4 Å². The van der Waals surface area contributed by atoms with Crippen LogP contribution in [0, 0.1) is 0 Å². The van der Waals surface area contributed by atoms with Crippen molar-refractivity contribution in [3.63, 3.8) is 0 Å². The summed E-state index contributed by atoms with van der Waals surface area (Å²) in [6.45, 7) is 6.20. The number of nitrogens with one attached hydrogen (secondary N) is 2. The molecule has 0 aliphatic carbocycles. The number of aromatic amines is 1. The highest BCUT2D eigenvalue weighted by molar-refractivity contribution is 7.99. The molecule has 3 rings (SSSR count). The molecule has 1 aromatic heterocycles. The molecule has 0 unspecified atom stereocenters. The fraction of sp³-hybridized carbons (Fsp3) is 0.286. The van der Waals surface area contributed by atoms with Gasteiger partial charge in [0, 0.05) is 5.69 Å². The summed E-state index contributed by atoms with van der Waals surface area (Å²) in [5.41, 5.74) is 2.70. The number of benzene rings is 2. The Morgan fingerprint density at radius 2 is 1.75 bits per heavy atom. The first kappa shape index (κ1) is 19.9. The highest BCUT2D eigenvalue weighted by Gasteiger charge is 2.17. The van der Waals surface area contributed by atoms with Crippen LogP contribution in [0.1, 0.15) is 43.9 Å². The van der Waals surface area contributed by atoms with E-state index in [0.29, 0.717) is 11.1 Å². The maximum Gasteiger partial charge on any atom is 0.344 e. The van der Waals surface area contributed by atoms with Gasteiger partial charge in [0.15, 0.2) is 5.16 Å². The van der Waals surface area contributed by atoms with E-state index in [4.69, 9.17) is 0 Å². The van der Waals surface area contributed by atoms with Crippen LogP contribution < -0.4 is 11.0 Å². The van der Waals surface area contributed by atoms with Gasteiger partial charge in [-0.25, -0.2) is 9.89 Å². The van der Waals surface area contributed by atoms with Crippen LogP contribution in [0.25, 0.3) is 0 Å². The van der Waals surface area contributed by atoms with Gasteiger partial charge in [-0.15, -0.1) is 5.10 Å².